The summed E-state index contributed by atoms with van der Waals surface area (Å²) in [5, 5.41) is 11.4. The van der Waals surface area contributed by atoms with E-state index in [0.717, 1.165) is 23.4 Å². The van der Waals surface area contributed by atoms with Gasteiger partial charge in [-0.2, -0.15) is 10.2 Å². The van der Waals surface area contributed by atoms with E-state index in [-0.39, 0.29) is 11.9 Å². The first-order valence-electron chi connectivity index (χ1n) is 7.00. The van der Waals surface area contributed by atoms with Gasteiger partial charge in [0.1, 0.15) is 0 Å². The van der Waals surface area contributed by atoms with Gasteiger partial charge in [0.25, 0.3) is 0 Å². The van der Waals surface area contributed by atoms with E-state index in [2.05, 4.69) is 15.5 Å². The molecule has 6 heteroatoms. The number of aromatic nitrogens is 4. The van der Waals surface area contributed by atoms with Gasteiger partial charge in [0, 0.05) is 43.2 Å². The number of aryl methyl sites for hydroxylation is 3. The Bertz CT molecular complexity index is 653. The highest BCUT2D eigenvalue weighted by molar-refractivity contribution is 5.91. The summed E-state index contributed by atoms with van der Waals surface area (Å²) < 4.78 is 3.57. The van der Waals surface area contributed by atoms with Crippen molar-refractivity contribution in [3.05, 3.63) is 41.5 Å². The Morgan fingerprint density at radius 1 is 1.48 bits per heavy atom. The van der Waals surface area contributed by atoms with E-state index >= 15 is 0 Å². The number of hydrogen-bond donors (Lipinski definition) is 1. The van der Waals surface area contributed by atoms with Gasteiger partial charge in [0.15, 0.2) is 0 Å². The molecule has 1 N–H and O–H groups in total. The third-order valence-electron chi connectivity index (χ3n) is 3.29. The molecule has 0 saturated heterocycles. The molecule has 2 aromatic rings. The maximum absolute atomic E-state index is 11.9. The van der Waals surface area contributed by atoms with Gasteiger partial charge >= 0.3 is 0 Å². The van der Waals surface area contributed by atoms with Crippen LogP contribution >= 0.6 is 0 Å². The second-order valence-electron chi connectivity index (χ2n) is 5.04. The van der Waals surface area contributed by atoms with Gasteiger partial charge in [-0.25, -0.2) is 0 Å². The van der Waals surface area contributed by atoms with Crippen LogP contribution in [0.4, 0.5) is 0 Å². The third-order valence-corrected chi connectivity index (χ3v) is 3.29. The molecular formula is C15H21N5O. The average molecular weight is 287 g/mol. The first-order valence-corrected chi connectivity index (χ1v) is 7.00. The first-order chi connectivity index (χ1) is 9.99. The molecule has 0 bridgehead atoms. The smallest absolute Gasteiger partial charge is 0.244 e. The van der Waals surface area contributed by atoms with Gasteiger partial charge in [-0.3, -0.25) is 14.2 Å². The lowest BCUT2D eigenvalue weighted by atomic mass is 10.1. The molecule has 0 aromatic carbocycles. The van der Waals surface area contributed by atoms with Crippen molar-refractivity contribution in [3.63, 3.8) is 0 Å². The summed E-state index contributed by atoms with van der Waals surface area (Å²) in [6.07, 6.45) is 8.81. The zero-order valence-corrected chi connectivity index (χ0v) is 12.9. The lowest BCUT2D eigenvalue weighted by Crippen LogP contribution is -2.24. The lowest BCUT2D eigenvalue weighted by molar-refractivity contribution is -0.117. The van der Waals surface area contributed by atoms with Crippen molar-refractivity contribution in [1.29, 1.82) is 0 Å². The molecule has 0 saturated carbocycles. The number of nitrogens with zero attached hydrogens (tertiary/aromatic N) is 4. The normalized spacial score (nSPS) is 12.8. The van der Waals surface area contributed by atoms with Gasteiger partial charge in [-0.1, -0.05) is 0 Å². The topological polar surface area (TPSA) is 64.7 Å². The van der Waals surface area contributed by atoms with Crippen LogP contribution in [-0.4, -0.2) is 25.5 Å². The molecule has 2 rings (SSSR count). The minimum atomic E-state index is -0.130. The van der Waals surface area contributed by atoms with Crippen LogP contribution < -0.4 is 5.32 Å². The van der Waals surface area contributed by atoms with Crippen LogP contribution in [-0.2, 0) is 18.4 Å². The van der Waals surface area contributed by atoms with Crippen LogP contribution in [0.25, 0.3) is 6.08 Å². The van der Waals surface area contributed by atoms with Crippen LogP contribution in [0, 0.1) is 6.92 Å². The van der Waals surface area contributed by atoms with Gasteiger partial charge in [0.05, 0.1) is 17.9 Å². The van der Waals surface area contributed by atoms with Gasteiger partial charge in [-0.15, -0.1) is 0 Å². The molecule has 0 radical (unpaired) electrons. The van der Waals surface area contributed by atoms with Crippen molar-refractivity contribution in [1.82, 2.24) is 24.9 Å². The summed E-state index contributed by atoms with van der Waals surface area (Å²) in [6, 6.07) is -0.0728. The number of amides is 1. The first kappa shape index (κ1) is 15.0. The van der Waals surface area contributed by atoms with Gasteiger partial charge < -0.3 is 5.32 Å². The molecule has 0 aliphatic heterocycles. The van der Waals surface area contributed by atoms with Gasteiger partial charge in [-0.05, 0) is 26.8 Å². The standard InChI is InChI=1S/C15H21N5O/c1-5-20-10-14(12(3)18-20)11(2)17-15(21)7-6-13-8-16-19(4)9-13/h6-11H,5H2,1-4H3,(H,17,21)/b7-6+. The highest BCUT2D eigenvalue weighted by Gasteiger charge is 2.13. The molecule has 1 amide bonds. The van der Waals surface area contributed by atoms with Crippen molar-refractivity contribution >= 4 is 12.0 Å². The Labute approximate surface area is 124 Å². The van der Waals surface area contributed by atoms with Gasteiger partial charge in [0.2, 0.25) is 5.91 Å². The SMILES string of the molecule is CCn1cc(C(C)NC(=O)/C=C/c2cnn(C)c2)c(C)n1. The number of rotatable bonds is 5. The van der Waals surface area contributed by atoms with Crippen LogP contribution in [0.1, 0.15) is 36.7 Å². The number of carbonyl (C=O) groups is 1. The molecule has 2 heterocycles. The van der Waals surface area contributed by atoms with Crippen molar-refractivity contribution < 1.29 is 4.79 Å². The maximum Gasteiger partial charge on any atom is 0.244 e. The Kier molecular flexibility index (Phi) is 4.57. The minimum absolute atomic E-state index is 0.0728. The molecule has 0 aliphatic rings. The number of carbonyl (C=O) groups excluding carboxylic acids is 1. The highest BCUT2D eigenvalue weighted by atomic mass is 16.1. The van der Waals surface area contributed by atoms with Crippen molar-refractivity contribution in [2.75, 3.05) is 0 Å². The largest absolute Gasteiger partial charge is 0.346 e. The fourth-order valence-corrected chi connectivity index (χ4v) is 2.16. The summed E-state index contributed by atoms with van der Waals surface area (Å²) in [6.45, 7) is 6.77. The molecule has 2 aromatic heterocycles. The zero-order chi connectivity index (χ0) is 15.4. The summed E-state index contributed by atoms with van der Waals surface area (Å²) >= 11 is 0. The summed E-state index contributed by atoms with van der Waals surface area (Å²) in [7, 11) is 1.84. The van der Waals surface area contributed by atoms with E-state index in [1.165, 1.54) is 6.08 Å². The summed E-state index contributed by atoms with van der Waals surface area (Å²) in [5.41, 5.74) is 2.89. The minimum Gasteiger partial charge on any atom is -0.346 e. The second-order valence-corrected chi connectivity index (χ2v) is 5.04. The van der Waals surface area contributed by atoms with Crippen LogP contribution in [0.15, 0.2) is 24.7 Å². The van der Waals surface area contributed by atoms with E-state index in [1.807, 2.05) is 44.9 Å². The predicted octanol–water partition coefficient (Wildman–Crippen LogP) is 1.84. The van der Waals surface area contributed by atoms with E-state index < -0.39 is 0 Å². The van der Waals surface area contributed by atoms with Crippen LogP contribution in [0.5, 0.6) is 0 Å². The Morgan fingerprint density at radius 2 is 2.24 bits per heavy atom. The zero-order valence-electron chi connectivity index (χ0n) is 12.9. The monoisotopic (exact) mass is 287 g/mol. The summed E-state index contributed by atoms with van der Waals surface area (Å²) in [4.78, 5) is 11.9. The molecular weight excluding hydrogens is 266 g/mol. The highest BCUT2D eigenvalue weighted by Crippen LogP contribution is 2.16. The molecule has 6 nitrogen and oxygen atoms in total. The van der Waals surface area contributed by atoms with Crippen LogP contribution in [0.3, 0.4) is 0 Å². The molecule has 1 atom stereocenters. The molecule has 0 fully saturated rings. The summed E-state index contributed by atoms with van der Waals surface area (Å²) in [5.74, 6) is -0.130. The molecule has 1 unspecified atom stereocenters. The predicted molar refractivity (Wildman–Crippen MR) is 81.4 cm³/mol. The van der Waals surface area contributed by atoms with Crippen molar-refractivity contribution in [2.24, 2.45) is 7.05 Å². The van der Waals surface area contributed by atoms with E-state index in [0.29, 0.717) is 0 Å². The molecule has 0 aliphatic carbocycles. The third kappa shape index (κ3) is 3.81. The van der Waals surface area contributed by atoms with Crippen molar-refractivity contribution in [2.45, 2.75) is 33.4 Å². The second kappa shape index (κ2) is 6.39. The number of hydrogen-bond acceptors (Lipinski definition) is 3. The quantitative estimate of drug-likeness (QED) is 0.853. The molecule has 21 heavy (non-hydrogen) atoms. The van der Waals surface area contributed by atoms with E-state index in [9.17, 15) is 4.79 Å². The lowest BCUT2D eigenvalue weighted by Gasteiger charge is -2.11. The molecule has 0 spiro atoms. The van der Waals surface area contributed by atoms with E-state index in [4.69, 9.17) is 0 Å². The Morgan fingerprint density at radius 3 is 2.81 bits per heavy atom. The van der Waals surface area contributed by atoms with Crippen LogP contribution in [0.2, 0.25) is 0 Å². The maximum atomic E-state index is 11.9. The van der Waals surface area contributed by atoms with Crippen molar-refractivity contribution in [3.8, 4) is 0 Å². The molecule has 112 valence electrons. The Hall–Kier alpha value is -2.37. The average Bonchev–Trinajstić information content (AvgIpc) is 3.02. The Balaban J connectivity index is 1.98. The van der Waals surface area contributed by atoms with E-state index in [1.54, 1.807) is 17.0 Å². The number of nitrogens with one attached hydrogen (secondary N) is 1. The fourth-order valence-electron chi connectivity index (χ4n) is 2.16. The fraction of sp³-hybridized carbons (Fsp3) is 0.400.